The number of nitrogens with zero attached hydrogens (tertiary/aromatic N) is 2. The van der Waals surface area contributed by atoms with Gasteiger partial charge in [0.05, 0.1) is 16.7 Å². The Hall–Kier alpha value is -1.09. The topological polar surface area (TPSA) is 61.2 Å². The van der Waals surface area contributed by atoms with Gasteiger partial charge in [-0.15, -0.1) is 0 Å². The van der Waals surface area contributed by atoms with Gasteiger partial charge in [-0.25, -0.2) is 8.42 Å². The fraction of sp³-hybridized carbons (Fsp3) is 0.462. The smallest absolute Gasteiger partial charge is 0.207 e. The molecule has 0 aliphatic heterocycles. The van der Waals surface area contributed by atoms with Crippen LogP contribution in [0.4, 0.5) is 0 Å². The lowest BCUT2D eigenvalue weighted by Gasteiger charge is -2.21. The Morgan fingerprint density at radius 3 is 2.68 bits per heavy atom. The van der Waals surface area contributed by atoms with Crippen LogP contribution in [-0.2, 0) is 10.0 Å². The Bertz CT molecular complexity index is 618. The Labute approximate surface area is 118 Å². The van der Waals surface area contributed by atoms with Crippen molar-refractivity contribution in [2.45, 2.75) is 37.1 Å². The molecule has 1 aromatic rings. The summed E-state index contributed by atoms with van der Waals surface area (Å²) in [6.07, 6.45) is 2.55. The zero-order valence-electron chi connectivity index (χ0n) is 10.6. The number of benzene rings is 1. The molecular weight excluding hydrogens is 284 g/mol. The fourth-order valence-electron chi connectivity index (χ4n) is 1.98. The Morgan fingerprint density at radius 2 is 2.16 bits per heavy atom. The molecule has 1 aliphatic carbocycles. The first kappa shape index (κ1) is 14.3. The van der Waals surface area contributed by atoms with Crippen molar-refractivity contribution < 1.29 is 8.42 Å². The summed E-state index contributed by atoms with van der Waals surface area (Å²) in [4.78, 5) is 0.0357. The minimum absolute atomic E-state index is 0.0357. The van der Waals surface area contributed by atoms with Crippen molar-refractivity contribution in [2.24, 2.45) is 0 Å². The predicted octanol–water partition coefficient (Wildman–Crippen LogP) is 2.77. The maximum atomic E-state index is 12.6. The second-order valence-corrected chi connectivity index (χ2v) is 6.87. The molecule has 0 aromatic heterocycles. The van der Waals surface area contributed by atoms with Crippen molar-refractivity contribution >= 4 is 21.6 Å². The number of sulfonamides is 1. The van der Waals surface area contributed by atoms with Gasteiger partial charge in [-0.05, 0) is 37.5 Å². The molecule has 1 saturated carbocycles. The SMILES string of the molecule is CCCN(C1CC1)S(=O)(=O)c1cc(C#N)ccc1Cl. The Morgan fingerprint density at radius 1 is 1.47 bits per heavy atom. The van der Waals surface area contributed by atoms with Crippen molar-refractivity contribution in [3.8, 4) is 6.07 Å². The van der Waals surface area contributed by atoms with Gasteiger partial charge in [0.25, 0.3) is 0 Å². The largest absolute Gasteiger partial charge is 0.244 e. The maximum Gasteiger partial charge on any atom is 0.244 e. The van der Waals surface area contributed by atoms with E-state index >= 15 is 0 Å². The van der Waals surface area contributed by atoms with Crippen LogP contribution in [0.1, 0.15) is 31.7 Å². The Balaban J connectivity index is 2.46. The predicted molar refractivity (Wildman–Crippen MR) is 73.4 cm³/mol. The molecule has 0 atom stereocenters. The number of hydrogen-bond acceptors (Lipinski definition) is 3. The summed E-state index contributed by atoms with van der Waals surface area (Å²) < 4.78 is 26.8. The van der Waals surface area contributed by atoms with Gasteiger partial charge >= 0.3 is 0 Å². The summed E-state index contributed by atoms with van der Waals surface area (Å²) in [5.41, 5.74) is 0.301. The van der Waals surface area contributed by atoms with Crippen LogP contribution in [0.5, 0.6) is 0 Å². The van der Waals surface area contributed by atoms with Crippen molar-refractivity contribution in [1.82, 2.24) is 4.31 Å². The van der Waals surface area contributed by atoms with E-state index in [0.29, 0.717) is 12.1 Å². The van der Waals surface area contributed by atoms with Crippen LogP contribution in [0, 0.1) is 11.3 Å². The number of halogens is 1. The molecule has 0 radical (unpaired) electrons. The van der Waals surface area contributed by atoms with Gasteiger partial charge in [-0.3, -0.25) is 0 Å². The molecule has 0 N–H and O–H groups in total. The monoisotopic (exact) mass is 298 g/mol. The molecule has 0 heterocycles. The highest BCUT2D eigenvalue weighted by Crippen LogP contribution is 2.34. The van der Waals surface area contributed by atoms with Gasteiger partial charge in [-0.1, -0.05) is 18.5 Å². The maximum absolute atomic E-state index is 12.6. The van der Waals surface area contributed by atoms with Gasteiger partial charge in [0.2, 0.25) is 10.0 Å². The van der Waals surface area contributed by atoms with E-state index < -0.39 is 10.0 Å². The molecular formula is C13H15ClN2O2S. The Kier molecular flexibility index (Phi) is 4.14. The quantitative estimate of drug-likeness (QED) is 0.840. The van der Waals surface area contributed by atoms with E-state index in [1.165, 1.54) is 22.5 Å². The molecule has 1 aromatic carbocycles. The summed E-state index contributed by atoms with van der Waals surface area (Å²) >= 11 is 5.99. The van der Waals surface area contributed by atoms with E-state index in [0.717, 1.165) is 19.3 Å². The molecule has 1 fully saturated rings. The summed E-state index contributed by atoms with van der Waals surface area (Å²) in [6, 6.07) is 6.36. The number of hydrogen-bond donors (Lipinski definition) is 0. The molecule has 0 unspecified atom stereocenters. The zero-order valence-corrected chi connectivity index (χ0v) is 12.2. The van der Waals surface area contributed by atoms with Crippen molar-refractivity contribution in [2.75, 3.05) is 6.54 Å². The van der Waals surface area contributed by atoms with Crippen LogP contribution in [0.15, 0.2) is 23.1 Å². The van der Waals surface area contributed by atoms with Crippen LogP contribution < -0.4 is 0 Å². The summed E-state index contributed by atoms with van der Waals surface area (Å²) in [6.45, 7) is 2.43. The molecule has 6 heteroatoms. The highest BCUT2D eigenvalue weighted by molar-refractivity contribution is 7.89. The average molecular weight is 299 g/mol. The second-order valence-electron chi connectivity index (χ2n) is 4.60. The third-order valence-corrected chi connectivity index (χ3v) is 5.48. The van der Waals surface area contributed by atoms with Gasteiger partial charge in [0, 0.05) is 12.6 Å². The first-order valence-corrected chi connectivity index (χ1v) is 8.04. The van der Waals surface area contributed by atoms with Crippen molar-refractivity contribution in [3.05, 3.63) is 28.8 Å². The molecule has 4 nitrogen and oxygen atoms in total. The van der Waals surface area contributed by atoms with Gasteiger partial charge in [0.15, 0.2) is 0 Å². The molecule has 1 aliphatic rings. The normalized spacial score (nSPS) is 15.5. The second kappa shape index (κ2) is 5.49. The molecule has 102 valence electrons. The van der Waals surface area contributed by atoms with E-state index in [1.807, 2.05) is 13.0 Å². The van der Waals surface area contributed by atoms with Crippen molar-refractivity contribution in [3.63, 3.8) is 0 Å². The molecule has 0 saturated heterocycles. The van der Waals surface area contributed by atoms with Crippen LogP contribution >= 0.6 is 11.6 Å². The lowest BCUT2D eigenvalue weighted by Crippen LogP contribution is -2.34. The molecule has 2 rings (SSSR count). The lowest BCUT2D eigenvalue weighted by atomic mass is 10.2. The van der Waals surface area contributed by atoms with Crippen LogP contribution in [0.3, 0.4) is 0 Å². The fourth-order valence-corrected chi connectivity index (χ4v) is 4.26. The highest BCUT2D eigenvalue weighted by Gasteiger charge is 2.38. The van der Waals surface area contributed by atoms with E-state index in [4.69, 9.17) is 16.9 Å². The minimum Gasteiger partial charge on any atom is -0.207 e. The van der Waals surface area contributed by atoms with Crippen LogP contribution in [0.25, 0.3) is 0 Å². The van der Waals surface area contributed by atoms with E-state index in [9.17, 15) is 8.42 Å². The molecule has 0 spiro atoms. The summed E-state index contributed by atoms with van der Waals surface area (Å²) in [7, 11) is -3.61. The summed E-state index contributed by atoms with van der Waals surface area (Å²) in [5.74, 6) is 0. The highest BCUT2D eigenvalue weighted by atomic mass is 35.5. The molecule has 19 heavy (non-hydrogen) atoms. The van der Waals surface area contributed by atoms with Crippen molar-refractivity contribution in [1.29, 1.82) is 5.26 Å². The zero-order chi connectivity index (χ0) is 14.0. The standard InChI is InChI=1S/C13H15ClN2O2S/c1-2-7-16(11-4-5-11)19(17,18)13-8-10(9-15)3-6-12(13)14/h3,6,8,11H,2,4-5,7H2,1H3. The van der Waals surface area contributed by atoms with E-state index in [-0.39, 0.29) is 16.0 Å². The van der Waals surface area contributed by atoms with E-state index in [2.05, 4.69) is 0 Å². The van der Waals surface area contributed by atoms with Gasteiger partial charge in [0.1, 0.15) is 4.90 Å². The molecule has 0 bridgehead atoms. The lowest BCUT2D eigenvalue weighted by molar-refractivity contribution is 0.403. The third kappa shape index (κ3) is 2.92. The van der Waals surface area contributed by atoms with Crippen LogP contribution in [-0.4, -0.2) is 25.3 Å². The minimum atomic E-state index is -3.61. The number of rotatable bonds is 5. The van der Waals surface area contributed by atoms with Gasteiger partial charge in [-0.2, -0.15) is 9.57 Å². The van der Waals surface area contributed by atoms with E-state index in [1.54, 1.807) is 0 Å². The van der Waals surface area contributed by atoms with Gasteiger partial charge < -0.3 is 0 Å². The number of nitriles is 1. The molecule has 0 amide bonds. The first-order chi connectivity index (χ1) is 9.00. The third-order valence-electron chi connectivity index (χ3n) is 3.05. The van der Waals surface area contributed by atoms with Crippen LogP contribution in [0.2, 0.25) is 5.02 Å². The average Bonchev–Trinajstić information content (AvgIpc) is 3.20. The summed E-state index contributed by atoms with van der Waals surface area (Å²) in [5, 5.41) is 9.05. The first-order valence-electron chi connectivity index (χ1n) is 6.22.